The smallest absolute Gasteiger partial charge is 0.375 e. The highest BCUT2D eigenvalue weighted by Crippen LogP contribution is 2.39. The first-order valence-corrected chi connectivity index (χ1v) is 10.8. The third kappa shape index (κ3) is 5.96. The Balaban J connectivity index is 1.66. The van der Waals surface area contributed by atoms with Gasteiger partial charge >= 0.3 is 6.18 Å². The van der Waals surface area contributed by atoms with Crippen molar-refractivity contribution in [1.82, 2.24) is 5.32 Å². The van der Waals surface area contributed by atoms with Crippen LogP contribution in [0.2, 0.25) is 0 Å². The number of nitrogens with zero attached hydrogens (tertiary/aromatic N) is 1. The van der Waals surface area contributed by atoms with Gasteiger partial charge in [-0.25, -0.2) is 0 Å². The Morgan fingerprint density at radius 1 is 1.18 bits per heavy atom. The number of aryl methyl sites for hydroxylation is 1. The van der Waals surface area contributed by atoms with E-state index in [-0.39, 0.29) is 11.6 Å². The van der Waals surface area contributed by atoms with E-state index in [0.717, 1.165) is 42.6 Å². The van der Waals surface area contributed by atoms with E-state index in [1.54, 1.807) is 13.1 Å². The summed E-state index contributed by atoms with van der Waals surface area (Å²) in [6.45, 7) is 0. The molecule has 1 atom stereocenters. The van der Waals surface area contributed by atoms with Crippen LogP contribution in [0.5, 0.6) is 0 Å². The zero-order valence-corrected chi connectivity index (χ0v) is 18.3. The molecule has 0 bridgehead atoms. The Kier molecular flexibility index (Phi) is 7.49. The average Bonchev–Trinajstić information content (AvgIpc) is 2.76. The summed E-state index contributed by atoms with van der Waals surface area (Å²) in [4.78, 5) is 11.3. The number of nitriles is 1. The van der Waals surface area contributed by atoms with Crippen molar-refractivity contribution in [3.8, 4) is 6.07 Å². The number of benzene rings is 2. The van der Waals surface area contributed by atoms with Crippen molar-refractivity contribution in [3.63, 3.8) is 0 Å². The Labute approximate surface area is 190 Å². The normalized spacial score (nSPS) is 15.6. The SMILES string of the molecule is CNC(=O)CCCc1ccc(NC2(C(O)Nc3ccc(C#N)c(C(F)(F)F)c3)CCC2)cc1. The van der Waals surface area contributed by atoms with Crippen LogP contribution in [-0.4, -0.2) is 29.8 Å². The van der Waals surface area contributed by atoms with Gasteiger partial charge in [-0.3, -0.25) is 4.79 Å². The van der Waals surface area contributed by atoms with Gasteiger partial charge < -0.3 is 21.1 Å². The van der Waals surface area contributed by atoms with Crippen molar-refractivity contribution in [3.05, 3.63) is 59.2 Å². The van der Waals surface area contributed by atoms with Crippen molar-refractivity contribution in [2.45, 2.75) is 56.5 Å². The lowest BCUT2D eigenvalue weighted by atomic mass is 9.75. The molecular formula is C24H27F3N4O2. The van der Waals surface area contributed by atoms with Gasteiger partial charge in [-0.2, -0.15) is 18.4 Å². The average molecular weight is 461 g/mol. The number of carbonyl (C=O) groups excluding carboxylic acids is 1. The maximum Gasteiger partial charge on any atom is 0.417 e. The number of carbonyl (C=O) groups is 1. The van der Waals surface area contributed by atoms with Gasteiger partial charge in [0.25, 0.3) is 0 Å². The molecular weight excluding hydrogens is 433 g/mol. The van der Waals surface area contributed by atoms with E-state index in [4.69, 9.17) is 5.26 Å². The number of hydrogen-bond donors (Lipinski definition) is 4. The molecule has 0 aromatic heterocycles. The van der Waals surface area contributed by atoms with E-state index in [9.17, 15) is 23.1 Å². The minimum atomic E-state index is -4.66. The summed E-state index contributed by atoms with van der Waals surface area (Å²) in [6.07, 6.45) is -1.65. The molecule has 1 aliphatic rings. The van der Waals surface area contributed by atoms with Gasteiger partial charge in [-0.1, -0.05) is 12.1 Å². The van der Waals surface area contributed by atoms with E-state index in [0.29, 0.717) is 19.3 Å². The van der Waals surface area contributed by atoms with E-state index in [2.05, 4.69) is 16.0 Å². The number of halogens is 3. The number of hydrogen-bond acceptors (Lipinski definition) is 5. The second-order valence-electron chi connectivity index (χ2n) is 8.28. The molecule has 2 aromatic rings. The molecule has 0 radical (unpaired) electrons. The van der Waals surface area contributed by atoms with E-state index >= 15 is 0 Å². The van der Waals surface area contributed by atoms with Crippen molar-refractivity contribution < 1.29 is 23.1 Å². The van der Waals surface area contributed by atoms with Crippen molar-refractivity contribution in [1.29, 1.82) is 5.26 Å². The summed E-state index contributed by atoms with van der Waals surface area (Å²) >= 11 is 0. The van der Waals surface area contributed by atoms with Crippen LogP contribution in [0, 0.1) is 11.3 Å². The first kappa shape index (κ1) is 24.4. The Hall–Kier alpha value is -3.25. The summed E-state index contributed by atoms with van der Waals surface area (Å²) in [7, 11) is 1.61. The minimum absolute atomic E-state index is 0.00585. The first-order valence-electron chi connectivity index (χ1n) is 10.8. The van der Waals surface area contributed by atoms with Gasteiger partial charge in [0, 0.05) is 24.8 Å². The second-order valence-corrected chi connectivity index (χ2v) is 8.28. The summed E-state index contributed by atoms with van der Waals surface area (Å²) in [5, 5.41) is 28.5. The van der Waals surface area contributed by atoms with Crippen LogP contribution < -0.4 is 16.0 Å². The second kappa shape index (κ2) is 10.1. The lowest BCUT2D eigenvalue weighted by Gasteiger charge is -2.47. The molecule has 3 rings (SSSR count). The number of rotatable bonds is 9. The number of aliphatic hydroxyl groups excluding tert-OH is 1. The molecule has 1 amide bonds. The van der Waals surface area contributed by atoms with Crippen molar-refractivity contribution >= 4 is 17.3 Å². The van der Waals surface area contributed by atoms with Gasteiger partial charge in [0.05, 0.1) is 22.7 Å². The van der Waals surface area contributed by atoms with Gasteiger partial charge in [0.1, 0.15) is 6.23 Å². The highest BCUT2D eigenvalue weighted by atomic mass is 19.4. The molecule has 33 heavy (non-hydrogen) atoms. The monoisotopic (exact) mass is 460 g/mol. The maximum absolute atomic E-state index is 13.2. The molecule has 1 fully saturated rings. The predicted molar refractivity (Wildman–Crippen MR) is 119 cm³/mol. The van der Waals surface area contributed by atoms with Gasteiger partial charge in [-0.15, -0.1) is 0 Å². The molecule has 0 spiro atoms. The largest absolute Gasteiger partial charge is 0.417 e. The summed E-state index contributed by atoms with van der Waals surface area (Å²) < 4.78 is 39.7. The van der Waals surface area contributed by atoms with Crippen LogP contribution in [-0.2, 0) is 17.4 Å². The fraction of sp³-hybridized carbons (Fsp3) is 0.417. The molecule has 9 heteroatoms. The molecule has 1 unspecified atom stereocenters. The molecule has 6 nitrogen and oxygen atoms in total. The van der Waals surface area contributed by atoms with Gasteiger partial charge in [0.2, 0.25) is 5.91 Å². The third-order valence-electron chi connectivity index (χ3n) is 6.01. The van der Waals surface area contributed by atoms with Crippen LogP contribution >= 0.6 is 0 Å². The van der Waals surface area contributed by atoms with Crippen LogP contribution in [0.3, 0.4) is 0 Å². The Morgan fingerprint density at radius 2 is 1.85 bits per heavy atom. The van der Waals surface area contributed by atoms with Crippen LogP contribution in [0.1, 0.15) is 48.8 Å². The lowest BCUT2D eigenvalue weighted by Crippen LogP contribution is -2.57. The molecule has 1 aliphatic carbocycles. The fourth-order valence-corrected chi connectivity index (χ4v) is 3.91. The molecule has 2 aromatic carbocycles. The Morgan fingerprint density at radius 3 is 2.39 bits per heavy atom. The molecule has 176 valence electrons. The van der Waals surface area contributed by atoms with E-state index in [1.807, 2.05) is 24.3 Å². The molecule has 4 N–H and O–H groups in total. The zero-order chi connectivity index (χ0) is 24.1. The van der Waals surface area contributed by atoms with Gasteiger partial charge in [0.15, 0.2) is 0 Å². The molecule has 0 heterocycles. The molecule has 0 aliphatic heterocycles. The van der Waals surface area contributed by atoms with Gasteiger partial charge in [-0.05, 0) is 68.0 Å². The standard InChI is InChI=1S/C24H27F3N4O2/c1-29-21(32)5-2-4-16-6-9-18(10-7-16)31-23(12-3-13-23)22(33)30-19-11-8-17(15-28)20(14-19)24(25,26)27/h6-11,14,22,30-31,33H,2-5,12-13H2,1H3,(H,29,32). The molecule has 1 saturated carbocycles. The first-order chi connectivity index (χ1) is 15.7. The summed E-state index contributed by atoms with van der Waals surface area (Å²) in [5.74, 6) is 0.00585. The van der Waals surface area contributed by atoms with E-state index < -0.39 is 29.1 Å². The Bertz CT molecular complexity index is 1010. The maximum atomic E-state index is 13.2. The topological polar surface area (TPSA) is 97.2 Å². The van der Waals surface area contributed by atoms with Crippen LogP contribution in [0.4, 0.5) is 24.5 Å². The zero-order valence-electron chi connectivity index (χ0n) is 18.3. The highest BCUT2D eigenvalue weighted by molar-refractivity contribution is 5.75. The number of anilines is 2. The number of aliphatic hydroxyl groups is 1. The van der Waals surface area contributed by atoms with Crippen LogP contribution in [0.15, 0.2) is 42.5 Å². The highest BCUT2D eigenvalue weighted by Gasteiger charge is 2.44. The minimum Gasteiger partial charge on any atom is -0.375 e. The quantitative estimate of drug-likeness (QED) is 0.416. The van der Waals surface area contributed by atoms with Crippen LogP contribution in [0.25, 0.3) is 0 Å². The number of amides is 1. The number of nitrogens with one attached hydrogen (secondary N) is 3. The third-order valence-corrected chi connectivity index (χ3v) is 6.01. The van der Waals surface area contributed by atoms with Crippen molar-refractivity contribution in [2.75, 3.05) is 17.7 Å². The molecule has 0 saturated heterocycles. The predicted octanol–water partition coefficient (Wildman–Crippen LogP) is 4.41. The number of alkyl halides is 3. The summed E-state index contributed by atoms with van der Waals surface area (Å²) in [6, 6.07) is 12.6. The van der Waals surface area contributed by atoms with Crippen molar-refractivity contribution in [2.24, 2.45) is 0 Å². The fourth-order valence-electron chi connectivity index (χ4n) is 3.91. The van der Waals surface area contributed by atoms with E-state index in [1.165, 1.54) is 6.07 Å². The summed E-state index contributed by atoms with van der Waals surface area (Å²) in [5.41, 5.74) is -0.246. The lowest BCUT2D eigenvalue weighted by molar-refractivity contribution is -0.137.